The largest absolute Gasteiger partial charge is 0.379 e. The van der Waals surface area contributed by atoms with Crippen molar-refractivity contribution in [3.8, 4) is 0 Å². The fraction of sp³-hybridized carbons (Fsp3) is 0.625. The minimum atomic E-state index is 0.513. The number of piperazine rings is 1. The van der Waals surface area contributed by atoms with E-state index in [1.165, 1.54) is 5.69 Å². The van der Waals surface area contributed by atoms with Crippen LogP contribution in [0, 0.1) is 5.92 Å². The molecule has 2 aliphatic rings. The Morgan fingerprint density at radius 1 is 1.14 bits per heavy atom. The lowest BCUT2D eigenvalue weighted by Crippen LogP contribution is -2.49. The van der Waals surface area contributed by atoms with Crippen molar-refractivity contribution in [1.82, 2.24) is 10.2 Å². The summed E-state index contributed by atoms with van der Waals surface area (Å²) in [7, 11) is 2.03. The van der Waals surface area contributed by atoms with Gasteiger partial charge in [-0.3, -0.25) is 4.90 Å². The molecular weight excluding hydrogens is 286 g/mol. The molecule has 2 aliphatic heterocycles. The zero-order chi connectivity index (χ0) is 14.7. The predicted octanol–water partition coefficient (Wildman–Crippen LogP) is 1.70. The van der Waals surface area contributed by atoms with E-state index in [9.17, 15) is 0 Å². The van der Waals surface area contributed by atoms with Gasteiger partial charge in [-0.25, -0.2) is 0 Å². The fourth-order valence-electron chi connectivity index (χ4n) is 3.27. The van der Waals surface area contributed by atoms with Crippen molar-refractivity contribution in [1.29, 1.82) is 0 Å². The topological polar surface area (TPSA) is 27.7 Å². The Morgan fingerprint density at radius 3 is 2.52 bits per heavy atom. The third-order valence-corrected chi connectivity index (χ3v) is 4.88. The number of ether oxygens (including phenoxy) is 1. The second kappa shape index (κ2) is 6.97. The fourth-order valence-corrected chi connectivity index (χ4v) is 3.40. The highest BCUT2D eigenvalue weighted by Crippen LogP contribution is 2.21. The first kappa shape index (κ1) is 15.1. The lowest BCUT2D eigenvalue weighted by Gasteiger charge is -2.37. The molecule has 2 saturated heterocycles. The minimum Gasteiger partial charge on any atom is -0.379 e. The van der Waals surface area contributed by atoms with E-state index < -0.39 is 0 Å². The molecule has 2 unspecified atom stereocenters. The van der Waals surface area contributed by atoms with Gasteiger partial charge in [0.15, 0.2) is 0 Å². The molecule has 2 fully saturated rings. The van der Waals surface area contributed by atoms with Crippen LogP contribution >= 0.6 is 11.6 Å². The lowest BCUT2D eigenvalue weighted by atomic mass is 10.0. The van der Waals surface area contributed by atoms with E-state index in [4.69, 9.17) is 16.3 Å². The molecule has 0 spiro atoms. The average Bonchev–Trinajstić information content (AvgIpc) is 2.96. The van der Waals surface area contributed by atoms with Crippen LogP contribution in [0.5, 0.6) is 0 Å². The van der Waals surface area contributed by atoms with Crippen molar-refractivity contribution in [2.45, 2.75) is 6.04 Å². The van der Waals surface area contributed by atoms with Crippen LogP contribution < -0.4 is 10.2 Å². The van der Waals surface area contributed by atoms with Crippen molar-refractivity contribution in [3.63, 3.8) is 0 Å². The Balaban J connectivity index is 1.50. The summed E-state index contributed by atoms with van der Waals surface area (Å²) in [6.07, 6.45) is 0. The van der Waals surface area contributed by atoms with Gasteiger partial charge in [-0.1, -0.05) is 11.6 Å². The highest BCUT2D eigenvalue weighted by atomic mass is 35.5. The molecular formula is C16H24ClN3O. The third kappa shape index (κ3) is 3.69. The van der Waals surface area contributed by atoms with Gasteiger partial charge in [-0.2, -0.15) is 0 Å². The average molecular weight is 310 g/mol. The molecule has 1 aromatic rings. The number of anilines is 1. The minimum absolute atomic E-state index is 0.513. The van der Waals surface area contributed by atoms with Gasteiger partial charge in [-0.05, 0) is 31.3 Å². The van der Waals surface area contributed by atoms with Crippen molar-refractivity contribution in [3.05, 3.63) is 29.3 Å². The Morgan fingerprint density at radius 2 is 1.86 bits per heavy atom. The molecule has 3 rings (SSSR count). The quantitative estimate of drug-likeness (QED) is 0.916. The first-order valence-corrected chi connectivity index (χ1v) is 8.12. The van der Waals surface area contributed by atoms with Crippen molar-refractivity contribution in [2.24, 2.45) is 5.92 Å². The lowest BCUT2D eigenvalue weighted by molar-refractivity contribution is 0.164. The van der Waals surface area contributed by atoms with Crippen LogP contribution in [0.4, 0.5) is 5.69 Å². The van der Waals surface area contributed by atoms with E-state index in [-0.39, 0.29) is 0 Å². The second-order valence-electron chi connectivity index (χ2n) is 5.96. The molecule has 21 heavy (non-hydrogen) atoms. The number of halogens is 1. The van der Waals surface area contributed by atoms with Crippen LogP contribution in [0.3, 0.4) is 0 Å². The summed E-state index contributed by atoms with van der Waals surface area (Å²) >= 11 is 5.95. The van der Waals surface area contributed by atoms with Crippen molar-refractivity contribution >= 4 is 17.3 Å². The van der Waals surface area contributed by atoms with Crippen LogP contribution in [0.1, 0.15) is 0 Å². The standard InChI is InChI=1S/C16H24ClN3O/c1-18-16-12-21-11-13(16)10-19-6-8-20(9-7-19)15-4-2-14(17)3-5-15/h2-5,13,16,18H,6-12H2,1H3. The molecule has 0 radical (unpaired) electrons. The Kier molecular flexibility index (Phi) is 5.01. The van der Waals surface area contributed by atoms with Gasteiger partial charge in [0.1, 0.15) is 0 Å². The van der Waals surface area contributed by atoms with Gasteiger partial charge in [0.05, 0.1) is 13.2 Å². The summed E-state index contributed by atoms with van der Waals surface area (Å²) < 4.78 is 5.59. The molecule has 2 atom stereocenters. The number of hydrogen-bond acceptors (Lipinski definition) is 4. The van der Waals surface area contributed by atoms with E-state index in [0.717, 1.165) is 51.0 Å². The van der Waals surface area contributed by atoms with Crippen LogP contribution in [0.2, 0.25) is 5.02 Å². The number of hydrogen-bond donors (Lipinski definition) is 1. The predicted molar refractivity (Wildman–Crippen MR) is 87.3 cm³/mol. The summed E-state index contributed by atoms with van der Waals surface area (Å²) in [5.41, 5.74) is 1.27. The van der Waals surface area contributed by atoms with Crippen LogP contribution in [-0.2, 0) is 4.74 Å². The van der Waals surface area contributed by atoms with Crippen LogP contribution in [0.15, 0.2) is 24.3 Å². The van der Waals surface area contributed by atoms with Gasteiger partial charge < -0.3 is 15.0 Å². The molecule has 0 aromatic heterocycles. The van der Waals surface area contributed by atoms with E-state index in [1.54, 1.807) is 0 Å². The number of benzene rings is 1. The first-order valence-electron chi connectivity index (χ1n) is 7.74. The van der Waals surface area contributed by atoms with E-state index in [2.05, 4.69) is 27.2 Å². The van der Waals surface area contributed by atoms with Gasteiger partial charge in [0.25, 0.3) is 0 Å². The Hall–Kier alpha value is -0.810. The Bertz CT molecular complexity index is 445. The van der Waals surface area contributed by atoms with Crippen LogP contribution in [0.25, 0.3) is 0 Å². The molecule has 2 heterocycles. The third-order valence-electron chi connectivity index (χ3n) is 4.63. The summed E-state index contributed by atoms with van der Waals surface area (Å²) in [6, 6.07) is 8.67. The molecule has 4 nitrogen and oxygen atoms in total. The highest BCUT2D eigenvalue weighted by molar-refractivity contribution is 6.30. The molecule has 1 aromatic carbocycles. The summed E-state index contributed by atoms with van der Waals surface area (Å²) in [4.78, 5) is 5.00. The Labute approximate surface area is 132 Å². The maximum absolute atomic E-state index is 5.95. The smallest absolute Gasteiger partial charge is 0.0623 e. The van der Waals surface area contributed by atoms with Crippen LogP contribution in [-0.4, -0.2) is 63.9 Å². The van der Waals surface area contributed by atoms with E-state index in [0.29, 0.717) is 12.0 Å². The zero-order valence-corrected chi connectivity index (χ0v) is 13.4. The molecule has 1 N–H and O–H groups in total. The maximum atomic E-state index is 5.95. The van der Waals surface area contributed by atoms with Crippen molar-refractivity contribution < 1.29 is 4.74 Å². The maximum Gasteiger partial charge on any atom is 0.0623 e. The first-order chi connectivity index (χ1) is 10.3. The second-order valence-corrected chi connectivity index (χ2v) is 6.39. The number of nitrogens with one attached hydrogen (secondary N) is 1. The monoisotopic (exact) mass is 309 g/mol. The molecule has 0 bridgehead atoms. The molecule has 0 saturated carbocycles. The zero-order valence-electron chi connectivity index (χ0n) is 12.6. The van der Waals surface area contributed by atoms with E-state index >= 15 is 0 Å². The van der Waals surface area contributed by atoms with Gasteiger partial charge in [0, 0.05) is 55.4 Å². The summed E-state index contributed by atoms with van der Waals surface area (Å²) in [6.45, 7) is 7.29. The SMILES string of the molecule is CNC1COCC1CN1CCN(c2ccc(Cl)cc2)CC1. The summed E-state index contributed by atoms with van der Waals surface area (Å²) in [5, 5.41) is 4.17. The highest BCUT2D eigenvalue weighted by Gasteiger charge is 2.29. The van der Waals surface area contributed by atoms with Crippen molar-refractivity contribution in [2.75, 3.05) is 57.9 Å². The number of rotatable bonds is 4. The molecule has 0 amide bonds. The van der Waals surface area contributed by atoms with Gasteiger partial charge >= 0.3 is 0 Å². The molecule has 116 valence electrons. The van der Waals surface area contributed by atoms with E-state index in [1.807, 2.05) is 19.2 Å². The number of nitrogens with zero attached hydrogens (tertiary/aromatic N) is 2. The molecule has 5 heteroatoms. The normalized spacial score (nSPS) is 27.2. The summed E-state index contributed by atoms with van der Waals surface area (Å²) in [5.74, 6) is 0.622. The molecule has 0 aliphatic carbocycles. The van der Waals surface area contributed by atoms with Gasteiger partial charge in [-0.15, -0.1) is 0 Å². The number of likely N-dealkylation sites (N-methyl/N-ethyl adjacent to an activating group) is 1. The van der Waals surface area contributed by atoms with Gasteiger partial charge in [0.2, 0.25) is 0 Å².